The van der Waals surface area contributed by atoms with Crippen LogP contribution >= 0.6 is 0 Å². The van der Waals surface area contributed by atoms with Crippen molar-refractivity contribution in [1.29, 1.82) is 0 Å². The Labute approximate surface area is 156 Å². The van der Waals surface area contributed by atoms with Crippen LogP contribution in [0, 0.1) is 0 Å². The molecule has 2 aliphatic heterocycles. The van der Waals surface area contributed by atoms with E-state index in [0.717, 1.165) is 24.4 Å². The second kappa shape index (κ2) is 7.07. The van der Waals surface area contributed by atoms with Gasteiger partial charge in [-0.3, -0.25) is 9.59 Å². The number of ether oxygens (including phenoxy) is 1. The molecule has 2 fully saturated rings. The monoisotopic (exact) mass is 370 g/mol. The van der Waals surface area contributed by atoms with E-state index in [-0.39, 0.29) is 29.2 Å². The molecule has 0 spiro atoms. The number of methoxy groups -OCH3 is 1. The highest BCUT2D eigenvalue weighted by atomic mass is 16.5. The largest absolute Gasteiger partial charge is 0.378 e. The molecule has 2 unspecified atom stereocenters. The second-order valence-electron chi connectivity index (χ2n) is 7.03. The summed E-state index contributed by atoms with van der Waals surface area (Å²) in [6, 6.07) is 3.65. The number of fused-ring (bicyclic) bond motifs is 2. The summed E-state index contributed by atoms with van der Waals surface area (Å²) in [6.45, 7) is 1.63. The number of aromatic nitrogens is 4. The van der Waals surface area contributed by atoms with Gasteiger partial charge in [0.2, 0.25) is 0 Å². The number of piperazine rings is 1. The van der Waals surface area contributed by atoms with Gasteiger partial charge in [-0.05, 0) is 12.8 Å². The summed E-state index contributed by atoms with van der Waals surface area (Å²) in [5.41, 5.74) is 0.807. The highest BCUT2D eigenvalue weighted by Gasteiger charge is 2.42. The van der Waals surface area contributed by atoms with E-state index < -0.39 is 0 Å². The lowest BCUT2D eigenvalue weighted by molar-refractivity contribution is 0.0711. The molecule has 2 saturated heterocycles. The molecule has 2 atom stereocenters. The van der Waals surface area contributed by atoms with Crippen LogP contribution < -0.4 is 10.5 Å². The minimum absolute atomic E-state index is 0.188. The van der Waals surface area contributed by atoms with Crippen LogP contribution in [0.4, 0.5) is 5.82 Å². The number of likely N-dealkylation sites (tertiary alicyclic amines) is 1. The SMILES string of the molecule is COCc1cc(N2C3CCC2CN(C(=O)c2cc(=O)n(C)cn2)C3)ncn1. The molecule has 9 nitrogen and oxygen atoms in total. The Morgan fingerprint density at radius 3 is 2.59 bits per heavy atom. The fourth-order valence-corrected chi connectivity index (χ4v) is 3.94. The number of aryl methyl sites for hydroxylation is 1. The first-order valence-corrected chi connectivity index (χ1v) is 8.97. The number of nitrogens with zero attached hydrogens (tertiary/aromatic N) is 6. The molecule has 0 aromatic carbocycles. The first kappa shape index (κ1) is 17.6. The third kappa shape index (κ3) is 3.30. The molecule has 4 rings (SSSR count). The molecular weight excluding hydrogens is 348 g/mol. The molecule has 4 heterocycles. The summed E-state index contributed by atoms with van der Waals surface area (Å²) < 4.78 is 6.51. The molecule has 0 aliphatic carbocycles. The molecule has 2 aliphatic rings. The number of anilines is 1. The summed E-state index contributed by atoms with van der Waals surface area (Å²) in [6.07, 6.45) is 4.95. The van der Waals surface area contributed by atoms with Gasteiger partial charge < -0.3 is 19.1 Å². The number of carbonyl (C=O) groups is 1. The average molecular weight is 370 g/mol. The maximum atomic E-state index is 12.8. The van der Waals surface area contributed by atoms with Gasteiger partial charge in [-0.1, -0.05) is 0 Å². The van der Waals surface area contributed by atoms with Gasteiger partial charge in [-0.2, -0.15) is 0 Å². The Morgan fingerprint density at radius 2 is 1.93 bits per heavy atom. The van der Waals surface area contributed by atoms with E-state index in [1.54, 1.807) is 25.4 Å². The smallest absolute Gasteiger partial charge is 0.272 e. The Hall–Kier alpha value is -2.81. The van der Waals surface area contributed by atoms with Crippen molar-refractivity contribution in [3.8, 4) is 0 Å². The topological polar surface area (TPSA) is 93.5 Å². The summed E-state index contributed by atoms with van der Waals surface area (Å²) in [5, 5.41) is 0. The van der Waals surface area contributed by atoms with E-state index >= 15 is 0 Å². The lowest BCUT2D eigenvalue weighted by Crippen LogP contribution is -2.56. The lowest BCUT2D eigenvalue weighted by Gasteiger charge is -2.41. The van der Waals surface area contributed by atoms with Gasteiger partial charge in [-0.15, -0.1) is 0 Å². The van der Waals surface area contributed by atoms with Crippen molar-refractivity contribution < 1.29 is 9.53 Å². The van der Waals surface area contributed by atoms with E-state index in [4.69, 9.17) is 4.74 Å². The van der Waals surface area contributed by atoms with E-state index in [1.165, 1.54) is 17.0 Å². The minimum atomic E-state index is -0.235. The number of rotatable bonds is 4. The van der Waals surface area contributed by atoms with Crippen LogP contribution in [0.15, 0.2) is 29.6 Å². The highest BCUT2D eigenvalue weighted by Crippen LogP contribution is 2.34. The lowest BCUT2D eigenvalue weighted by atomic mass is 10.1. The van der Waals surface area contributed by atoms with Crippen molar-refractivity contribution >= 4 is 11.7 Å². The average Bonchev–Trinajstić information content (AvgIpc) is 2.93. The first-order chi connectivity index (χ1) is 13.1. The van der Waals surface area contributed by atoms with E-state index in [0.29, 0.717) is 19.7 Å². The van der Waals surface area contributed by atoms with Crippen LogP contribution in [0.25, 0.3) is 0 Å². The third-order valence-corrected chi connectivity index (χ3v) is 5.23. The van der Waals surface area contributed by atoms with E-state index in [2.05, 4.69) is 19.9 Å². The summed E-state index contributed by atoms with van der Waals surface area (Å²) in [5.74, 6) is 0.690. The maximum Gasteiger partial charge on any atom is 0.272 e. The molecule has 27 heavy (non-hydrogen) atoms. The molecule has 142 valence electrons. The standard InChI is InChI=1S/C18H22N6O3/c1-22-11-21-15(6-17(22)25)18(26)23-7-13-3-4-14(8-23)24(13)16-5-12(9-27-2)19-10-20-16/h5-6,10-11,13-14H,3-4,7-9H2,1-2H3. The number of hydrogen-bond acceptors (Lipinski definition) is 7. The van der Waals surface area contributed by atoms with E-state index in [9.17, 15) is 9.59 Å². The highest BCUT2D eigenvalue weighted by molar-refractivity contribution is 5.92. The van der Waals surface area contributed by atoms with Crippen LogP contribution in [0.3, 0.4) is 0 Å². The van der Waals surface area contributed by atoms with Crippen LogP contribution in [-0.2, 0) is 18.4 Å². The predicted molar refractivity (Wildman–Crippen MR) is 97.4 cm³/mol. The molecule has 1 amide bonds. The summed E-state index contributed by atoms with van der Waals surface area (Å²) >= 11 is 0. The van der Waals surface area contributed by atoms with Gasteiger partial charge in [0.05, 0.1) is 18.6 Å². The summed E-state index contributed by atoms with van der Waals surface area (Å²) in [4.78, 5) is 41.5. The minimum Gasteiger partial charge on any atom is -0.378 e. The number of amides is 1. The molecule has 2 aromatic rings. The maximum absolute atomic E-state index is 12.8. The fourth-order valence-electron chi connectivity index (χ4n) is 3.94. The molecule has 0 N–H and O–H groups in total. The molecule has 2 aromatic heterocycles. The fraction of sp³-hybridized carbons (Fsp3) is 0.500. The van der Waals surface area contributed by atoms with Gasteiger partial charge in [0.15, 0.2) is 0 Å². The van der Waals surface area contributed by atoms with Gasteiger partial charge >= 0.3 is 0 Å². The zero-order valence-electron chi connectivity index (χ0n) is 15.4. The van der Waals surface area contributed by atoms with Crippen LogP contribution in [0.2, 0.25) is 0 Å². The zero-order chi connectivity index (χ0) is 19.0. The molecule has 0 radical (unpaired) electrons. The Kier molecular flexibility index (Phi) is 4.61. The first-order valence-electron chi connectivity index (χ1n) is 8.97. The molecule has 9 heteroatoms. The Bertz CT molecular complexity index is 900. The Morgan fingerprint density at radius 1 is 1.19 bits per heavy atom. The third-order valence-electron chi connectivity index (χ3n) is 5.23. The van der Waals surface area contributed by atoms with Gasteiger partial charge in [0, 0.05) is 51.5 Å². The zero-order valence-corrected chi connectivity index (χ0v) is 15.4. The second-order valence-corrected chi connectivity index (χ2v) is 7.03. The van der Waals surface area contributed by atoms with Crippen LogP contribution in [0.5, 0.6) is 0 Å². The quantitative estimate of drug-likeness (QED) is 0.759. The summed E-state index contributed by atoms with van der Waals surface area (Å²) in [7, 11) is 3.25. The van der Waals surface area contributed by atoms with Gasteiger partial charge in [-0.25, -0.2) is 15.0 Å². The van der Waals surface area contributed by atoms with Gasteiger partial charge in [0.1, 0.15) is 17.8 Å². The molecule has 2 bridgehead atoms. The Balaban J connectivity index is 1.53. The van der Waals surface area contributed by atoms with Crippen molar-refractivity contribution in [1.82, 2.24) is 24.4 Å². The number of carbonyl (C=O) groups excluding carboxylic acids is 1. The van der Waals surface area contributed by atoms with Gasteiger partial charge in [0.25, 0.3) is 11.5 Å². The van der Waals surface area contributed by atoms with Crippen molar-refractivity contribution in [2.75, 3.05) is 25.1 Å². The molecular formula is C18H22N6O3. The van der Waals surface area contributed by atoms with Crippen molar-refractivity contribution in [3.63, 3.8) is 0 Å². The normalized spacial score (nSPS) is 21.6. The van der Waals surface area contributed by atoms with Crippen molar-refractivity contribution in [3.05, 3.63) is 46.5 Å². The van der Waals surface area contributed by atoms with Crippen LogP contribution in [-0.4, -0.2) is 62.6 Å². The van der Waals surface area contributed by atoms with E-state index in [1.807, 2.05) is 6.07 Å². The number of hydrogen-bond donors (Lipinski definition) is 0. The van der Waals surface area contributed by atoms with Crippen LogP contribution in [0.1, 0.15) is 29.0 Å². The van der Waals surface area contributed by atoms with Crippen molar-refractivity contribution in [2.24, 2.45) is 7.05 Å². The van der Waals surface area contributed by atoms with Crippen molar-refractivity contribution in [2.45, 2.75) is 31.5 Å². The molecule has 0 saturated carbocycles. The predicted octanol–water partition coefficient (Wildman–Crippen LogP) is 0.210.